The lowest BCUT2D eigenvalue weighted by Gasteiger charge is -2.31. The maximum atomic E-state index is 12.7. The van der Waals surface area contributed by atoms with Gasteiger partial charge in [-0.3, -0.25) is 4.90 Å². The topological polar surface area (TPSA) is 6.48 Å². The molecule has 11 heavy (non-hydrogen) atoms. The van der Waals surface area contributed by atoms with Crippen LogP contribution >= 0.6 is 0 Å². The van der Waals surface area contributed by atoms with Crippen LogP contribution < -0.4 is 0 Å². The summed E-state index contributed by atoms with van der Waals surface area (Å²) < 4.78 is 25.4. The summed E-state index contributed by atoms with van der Waals surface area (Å²) in [6, 6.07) is -2.76. The number of alkyl halides is 2. The van der Waals surface area contributed by atoms with Gasteiger partial charge in [-0.1, -0.05) is 0 Å². The zero-order valence-electron chi connectivity index (χ0n) is 6.88. The van der Waals surface area contributed by atoms with Crippen LogP contribution in [0.5, 0.6) is 0 Å². The summed E-state index contributed by atoms with van der Waals surface area (Å²) in [6.45, 7) is 2.63. The second-order valence-electron chi connectivity index (χ2n) is 2.84. The second-order valence-corrected chi connectivity index (χ2v) is 2.84. The zero-order valence-corrected chi connectivity index (χ0v) is 6.88. The van der Waals surface area contributed by atoms with Crippen molar-refractivity contribution in [2.24, 2.45) is 0 Å². The standard InChI is InChI=1S/C7H12F2N2/c1-6-10(3)4-5-11(6)7(2,8)9/h4-6H,1-3H3. The second kappa shape index (κ2) is 2.36. The van der Waals surface area contributed by atoms with E-state index in [9.17, 15) is 8.78 Å². The third-order valence-corrected chi connectivity index (χ3v) is 1.91. The van der Waals surface area contributed by atoms with Crippen LogP contribution in [0.2, 0.25) is 0 Å². The Balaban J connectivity index is 2.70. The molecule has 0 spiro atoms. The molecule has 1 aliphatic heterocycles. The largest absolute Gasteiger partial charge is 0.359 e. The molecule has 2 nitrogen and oxygen atoms in total. The first-order valence-electron chi connectivity index (χ1n) is 3.49. The van der Waals surface area contributed by atoms with Gasteiger partial charge in [0.1, 0.15) is 6.17 Å². The van der Waals surface area contributed by atoms with Gasteiger partial charge in [-0.2, -0.15) is 8.78 Å². The Bertz CT molecular complexity index is 174. The Morgan fingerprint density at radius 2 is 1.91 bits per heavy atom. The van der Waals surface area contributed by atoms with Crippen LogP contribution in [0, 0.1) is 0 Å². The van der Waals surface area contributed by atoms with E-state index in [0.717, 1.165) is 11.8 Å². The van der Waals surface area contributed by atoms with E-state index >= 15 is 0 Å². The molecule has 0 aromatic rings. The highest BCUT2D eigenvalue weighted by molar-refractivity contribution is 4.95. The van der Waals surface area contributed by atoms with Crippen LogP contribution in [0.4, 0.5) is 8.78 Å². The molecular formula is C7H12F2N2. The van der Waals surface area contributed by atoms with E-state index in [1.54, 1.807) is 25.1 Å². The summed E-state index contributed by atoms with van der Waals surface area (Å²) in [5.41, 5.74) is 0. The fraction of sp³-hybridized carbons (Fsp3) is 0.714. The third kappa shape index (κ3) is 1.44. The molecule has 0 N–H and O–H groups in total. The quantitative estimate of drug-likeness (QED) is 0.541. The fourth-order valence-corrected chi connectivity index (χ4v) is 1.08. The van der Waals surface area contributed by atoms with Gasteiger partial charge in [0.2, 0.25) is 0 Å². The highest BCUT2D eigenvalue weighted by Gasteiger charge is 2.35. The van der Waals surface area contributed by atoms with Gasteiger partial charge in [-0.15, -0.1) is 0 Å². The normalized spacial score (nSPS) is 25.0. The Morgan fingerprint density at radius 1 is 1.36 bits per heavy atom. The molecule has 0 aliphatic carbocycles. The van der Waals surface area contributed by atoms with Gasteiger partial charge in [0.25, 0.3) is 0 Å². The molecule has 0 radical (unpaired) electrons. The third-order valence-electron chi connectivity index (χ3n) is 1.91. The minimum Gasteiger partial charge on any atom is -0.359 e. The molecule has 0 saturated heterocycles. The molecule has 1 atom stereocenters. The molecule has 0 amide bonds. The highest BCUT2D eigenvalue weighted by Crippen LogP contribution is 2.26. The van der Waals surface area contributed by atoms with E-state index in [0.29, 0.717) is 0 Å². The van der Waals surface area contributed by atoms with E-state index < -0.39 is 6.05 Å². The lowest BCUT2D eigenvalue weighted by molar-refractivity contribution is -0.129. The van der Waals surface area contributed by atoms with Gasteiger partial charge >= 0.3 is 6.05 Å². The summed E-state index contributed by atoms with van der Waals surface area (Å²) in [4.78, 5) is 2.75. The average Bonchev–Trinajstić information content (AvgIpc) is 2.11. The first-order chi connectivity index (χ1) is 4.93. The van der Waals surface area contributed by atoms with E-state index in [1.165, 1.54) is 6.20 Å². The SMILES string of the molecule is CC1N(C)C=CN1C(C)(F)F. The predicted molar refractivity (Wildman–Crippen MR) is 38.8 cm³/mol. The van der Waals surface area contributed by atoms with Gasteiger partial charge in [-0.25, -0.2) is 0 Å². The lowest BCUT2D eigenvalue weighted by Crippen LogP contribution is -2.43. The zero-order chi connectivity index (χ0) is 8.65. The smallest absolute Gasteiger partial charge is 0.324 e. The van der Waals surface area contributed by atoms with Gasteiger partial charge < -0.3 is 4.90 Å². The molecule has 1 unspecified atom stereocenters. The van der Waals surface area contributed by atoms with E-state index in [1.807, 2.05) is 0 Å². The Labute approximate surface area is 65.1 Å². The van der Waals surface area contributed by atoms with Crippen molar-refractivity contribution in [3.63, 3.8) is 0 Å². The molecule has 4 heteroatoms. The molecule has 0 fully saturated rings. The molecule has 1 rings (SSSR count). The Morgan fingerprint density at radius 3 is 2.09 bits per heavy atom. The predicted octanol–water partition coefficient (Wildman–Crippen LogP) is 1.66. The monoisotopic (exact) mass is 162 g/mol. The number of hydrogen-bond acceptors (Lipinski definition) is 2. The van der Waals surface area contributed by atoms with Gasteiger partial charge in [0.15, 0.2) is 0 Å². The summed E-state index contributed by atoms with van der Waals surface area (Å²) in [5.74, 6) is 0. The number of halogens is 2. The van der Waals surface area contributed by atoms with Crippen LogP contribution in [-0.4, -0.2) is 29.1 Å². The summed E-state index contributed by atoms with van der Waals surface area (Å²) in [7, 11) is 1.77. The number of hydrogen-bond donors (Lipinski definition) is 0. The molecule has 0 bridgehead atoms. The minimum absolute atomic E-state index is 0.255. The van der Waals surface area contributed by atoms with Crippen molar-refractivity contribution in [2.45, 2.75) is 26.1 Å². The van der Waals surface area contributed by atoms with Crippen LogP contribution in [-0.2, 0) is 0 Å². The van der Waals surface area contributed by atoms with Crippen molar-refractivity contribution < 1.29 is 8.78 Å². The van der Waals surface area contributed by atoms with Crippen molar-refractivity contribution in [3.05, 3.63) is 12.4 Å². The van der Waals surface area contributed by atoms with Gasteiger partial charge in [-0.05, 0) is 6.92 Å². The summed E-state index contributed by atoms with van der Waals surface area (Å²) in [6.07, 6.45) is 2.79. The van der Waals surface area contributed by atoms with Gasteiger partial charge in [0, 0.05) is 26.4 Å². The maximum Gasteiger partial charge on any atom is 0.324 e. The molecule has 0 saturated carbocycles. The molecule has 1 aliphatic rings. The lowest BCUT2D eigenvalue weighted by atomic mass is 10.4. The van der Waals surface area contributed by atoms with E-state index in [-0.39, 0.29) is 6.17 Å². The van der Waals surface area contributed by atoms with Crippen molar-refractivity contribution in [1.29, 1.82) is 0 Å². The van der Waals surface area contributed by atoms with Crippen molar-refractivity contribution in [3.8, 4) is 0 Å². The fourth-order valence-electron chi connectivity index (χ4n) is 1.08. The first kappa shape index (κ1) is 8.30. The molecule has 0 aromatic carbocycles. The number of rotatable bonds is 1. The van der Waals surface area contributed by atoms with Gasteiger partial charge in [0.05, 0.1) is 0 Å². The van der Waals surface area contributed by atoms with E-state index in [2.05, 4.69) is 0 Å². The summed E-state index contributed by atoms with van der Waals surface area (Å²) in [5, 5.41) is 0. The number of nitrogens with zero attached hydrogens (tertiary/aromatic N) is 2. The van der Waals surface area contributed by atoms with Crippen molar-refractivity contribution >= 4 is 0 Å². The van der Waals surface area contributed by atoms with Crippen LogP contribution in [0.15, 0.2) is 12.4 Å². The molecular weight excluding hydrogens is 150 g/mol. The first-order valence-corrected chi connectivity index (χ1v) is 3.49. The van der Waals surface area contributed by atoms with E-state index in [4.69, 9.17) is 0 Å². The molecule has 1 heterocycles. The Hall–Kier alpha value is -0.800. The van der Waals surface area contributed by atoms with Crippen molar-refractivity contribution in [1.82, 2.24) is 9.80 Å². The average molecular weight is 162 g/mol. The maximum absolute atomic E-state index is 12.7. The minimum atomic E-state index is -2.76. The van der Waals surface area contributed by atoms with Crippen LogP contribution in [0.3, 0.4) is 0 Å². The van der Waals surface area contributed by atoms with Crippen LogP contribution in [0.25, 0.3) is 0 Å². The van der Waals surface area contributed by atoms with Crippen LogP contribution in [0.1, 0.15) is 13.8 Å². The highest BCUT2D eigenvalue weighted by atomic mass is 19.3. The molecule has 64 valence electrons. The van der Waals surface area contributed by atoms with Crippen molar-refractivity contribution in [2.75, 3.05) is 7.05 Å². The molecule has 0 aromatic heterocycles. The Kier molecular flexibility index (Phi) is 1.78. The summed E-state index contributed by atoms with van der Waals surface area (Å²) >= 11 is 0.